The largest absolute Gasteiger partial charge is 0.507 e. The lowest BCUT2D eigenvalue weighted by atomic mass is 9.63. The number of benzene rings is 1. The third-order valence-corrected chi connectivity index (χ3v) is 11.4. The molecule has 0 aromatic heterocycles. The molecule has 0 saturated heterocycles. The molecule has 0 heterocycles. The van der Waals surface area contributed by atoms with Gasteiger partial charge in [0.05, 0.1) is 0 Å². The Morgan fingerprint density at radius 2 is 1.15 bits per heavy atom. The van der Waals surface area contributed by atoms with Gasteiger partial charge in [0.2, 0.25) is 0 Å². The summed E-state index contributed by atoms with van der Waals surface area (Å²) in [6.07, 6.45) is 7.89. The molecule has 4 saturated carbocycles. The highest BCUT2D eigenvalue weighted by Crippen LogP contribution is 2.73. The van der Waals surface area contributed by atoms with E-state index in [4.69, 9.17) is 0 Å². The summed E-state index contributed by atoms with van der Waals surface area (Å²) in [5, 5.41) is 11.5. The highest BCUT2D eigenvalue weighted by molar-refractivity contribution is 5.48. The molecule has 1 aromatic rings. The molecule has 5 rings (SSSR count). The molecule has 1 N–H and O–H groups in total. The zero-order chi connectivity index (χ0) is 19.4. The van der Waals surface area contributed by atoms with Gasteiger partial charge in [-0.05, 0) is 95.0 Å². The van der Waals surface area contributed by atoms with Gasteiger partial charge in [-0.3, -0.25) is 0 Å². The van der Waals surface area contributed by atoms with Crippen LogP contribution < -0.4 is 0 Å². The summed E-state index contributed by atoms with van der Waals surface area (Å²) in [6.45, 7) is 14.9. The van der Waals surface area contributed by atoms with Crippen LogP contribution in [-0.2, 0) is 0 Å². The fraction of sp³-hybridized carbons (Fsp3) is 0.769. The maximum absolute atomic E-state index is 11.5. The van der Waals surface area contributed by atoms with Crippen molar-refractivity contribution in [3.8, 4) is 5.75 Å². The van der Waals surface area contributed by atoms with Crippen molar-refractivity contribution in [2.75, 3.05) is 0 Å². The smallest absolute Gasteiger partial charge is 0.122 e. The van der Waals surface area contributed by atoms with Crippen molar-refractivity contribution in [1.82, 2.24) is 0 Å². The minimum atomic E-state index is 0.325. The molecule has 0 spiro atoms. The van der Waals surface area contributed by atoms with Crippen LogP contribution in [0.2, 0.25) is 0 Å². The van der Waals surface area contributed by atoms with E-state index in [1.807, 2.05) is 0 Å². The Labute approximate surface area is 166 Å². The maximum atomic E-state index is 11.5. The highest BCUT2D eigenvalue weighted by atomic mass is 16.3. The number of aromatic hydroxyl groups is 1. The zero-order valence-electron chi connectivity index (χ0n) is 18.2. The van der Waals surface area contributed by atoms with Crippen molar-refractivity contribution < 1.29 is 5.11 Å². The first-order valence-corrected chi connectivity index (χ1v) is 11.4. The van der Waals surface area contributed by atoms with Crippen molar-refractivity contribution in [1.29, 1.82) is 0 Å². The number of para-hydroxylation sites is 1. The fourth-order valence-corrected chi connectivity index (χ4v) is 8.49. The molecular formula is C26H38O. The van der Waals surface area contributed by atoms with Crippen LogP contribution in [-0.4, -0.2) is 5.11 Å². The third-order valence-electron chi connectivity index (χ3n) is 11.4. The van der Waals surface area contributed by atoms with Crippen molar-refractivity contribution in [3.63, 3.8) is 0 Å². The predicted molar refractivity (Wildman–Crippen MR) is 112 cm³/mol. The first-order chi connectivity index (χ1) is 12.5. The minimum Gasteiger partial charge on any atom is -0.507 e. The van der Waals surface area contributed by atoms with E-state index in [0.29, 0.717) is 39.2 Å². The van der Waals surface area contributed by atoms with E-state index in [-0.39, 0.29) is 0 Å². The number of hydrogen-bond donors (Lipinski definition) is 1. The lowest BCUT2D eigenvalue weighted by molar-refractivity contribution is 0.130. The minimum absolute atomic E-state index is 0.325. The molecule has 1 aromatic carbocycles. The molecule has 4 aliphatic carbocycles. The second kappa shape index (κ2) is 5.14. The molecule has 0 amide bonds. The van der Waals surface area contributed by atoms with E-state index in [1.54, 1.807) is 0 Å². The second-order valence-electron chi connectivity index (χ2n) is 12.1. The van der Waals surface area contributed by atoms with Gasteiger partial charge in [-0.25, -0.2) is 0 Å². The summed E-state index contributed by atoms with van der Waals surface area (Å²) in [4.78, 5) is 0. The van der Waals surface area contributed by atoms with Crippen LogP contribution >= 0.6 is 0 Å². The summed E-state index contributed by atoms with van der Waals surface area (Å²) in [5.41, 5.74) is 3.95. The SMILES string of the molecule is CC1(C)C2CCC1(C)C(c1cccc(C3CC4CCC3(C)C4(C)C)c1O)C2. The van der Waals surface area contributed by atoms with Gasteiger partial charge in [-0.1, -0.05) is 59.7 Å². The van der Waals surface area contributed by atoms with Crippen LogP contribution in [0.4, 0.5) is 0 Å². The average Bonchev–Trinajstić information content (AvgIpc) is 3.13. The summed E-state index contributed by atoms with van der Waals surface area (Å²) < 4.78 is 0. The Balaban J connectivity index is 1.56. The van der Waals surface area contributed by atoms with Crippen molar-refractivity contribution in [2.24, 2.45) is 33.5 Å². The Morgan fingerprint density at radius 1 is 0.741 bits per heavy atom. The van der Waals surface area contributed by atoms with E-state index >= 15 is 0 Å². The Morgan fingerprint density at radius 3 is 1.44 bits per heavy atom. The first-order valence-electron chi connectivity index (χ1n) is 11.4. The van der Waals surface area contributed by atoms with Gasteiger partial charge in [0.25, 0.3) is 0 Å². The van der Waals surface area contributed by atoms with Gasteiger partial charge < -0.3 is 5.11 Å². The fourth-order valence-electron chi connectivity index (χ4n) is 8.49. The quantitative estimate of drug-likeness (QED) is 0.584. The van der Waals surface area contributed by atoms with E-state index in [1.165, 1.54) is 49.7 Å². The summed E-state index contributed by atoms with van der Waals surface area (Å²) in [5.74, 6) is 3.32. The van der Waals surface area contributed by atoms with E-state index in [2.05, 4.69) is 59.7 Å². The van der Waals surface area contributed by atoms with Gasteiger partial charge in [0.1, 0.15) is 5.75 Å². The Hall–Kier alpha value is -0.980. The van der Waals surface area contributed by atoms with E-state index in [0.717, 1.165) is 11.8 Å². The molecule has 4 fully saturated rings. The monoisotopic (exact) mass is 366 g/mol. The Bertz CT molecular complexity index is 727. The molecule has 148 valence electrons. The van der Waals surface area contributed by atoms with E-state index < -0.39 is 0 Å². The van der Waals surface area contributed by atoms with Crippen molar-refractivity contribution in [2.45, 2.75) is 91.9 Å². The lowest BCUT2D eigenvalue weighted by Gasteiger charge is -2.41. The maximum Gasteiger partial charge on any atom is 0.122 e. The summed E-state index contributed by atoms with van der Waals surface area (Å²) in [7, 11) is 0. The number of fused-ring (bicyclic) bond motifs is 4. The number of hydrogen-bond acceptors (Lipinski definition) is 1. The van der Waals surface area contributed by atoms with Crippen LogP contribution in [0.25, 0.3) is 0 Å². The van der Waals surface area contributed by atoms with Crippen LogP contribution in [0, 0.1) is 33.5 Å². The molecule has 0 radical (unpaired) electrons. The number of rotatable bonds is 2. The van der Waals surface area contributed by atoms with Crippen LogP contribution in [0.3, 0.4) is 0 Å². The highest BCUT2D eigenvalue weighted by Gasteiger charge is 2.63. The molecule has 27 heavy (non-hydrogen) atoms. The van der Waals surface area contributed by atoms with E-state index in [9.17, 15) is 5.11 Å². The molecule has 1 heteroatoms. The Kier molecular flexibility index (Phi) is 3.44. The molecule has 1 nitrogen and oxygen atoms in total. The number of phenols is 1. The van der Waals surface area contributed by atoms with Crippen molar-refractivity contribution in [3.05, 3.63) is 29.3 Å². The third kappa shape index (κ3) is 1.92. The lowest BCUT2D eigenvalue weighted by Crippen LogP contribution is -2.32. The molecular weight excluding hydrogens is 328 g/mol. The van der Waals surface area contributed by atoms with Gasteiger partial charge >= 0.3 is 0 Å². The van der Waals surface area contributed by atoms with Crippen LogP contribution in [0.1, 0.15) is 103 Å². The normalized spacial score (nSPS) is 46.3. The standard InChI is InChI=1S/C26H38O/c1-23(2)16-10-12-25(23,5)20(14-16)18-8-7-9-19(22(18)27)21-15-17-11-13-26(21,6)24(17,3)4/h7-9,16-17,20-21,27H,10-15H2,1-6H3. The first kappa shape index (κ1) is 18.1. The molecule has 6 unspecified atom stereocenters. The second-order valence-corrected chi connectivity index (χ2v) is 12.1. The molecule has 4 aliphatic rings. The van der Waals surface area contributed by atoms with Crippen molar-refractivity contribution >= 4 is 0 Å². The van der Waals surface area contributed by atoms with Gasteiger partial charge in [0.15, 0.2) is 0 Å². The topological polar surface area (TPSA) is 20.2 Å². The molecule has 4 bridgehead atoms. The van der Waals surface area contributed by atoms with Crippen LogP contribution in [0.5, 0.6) is 5.75 Å². The predicted octanol–water partition coefficient (Wildman–Crippen LogP) is 7.25. The van der Waals surface area contributed by atoms with Crippen LogP contribution in [0.15, 0.2) is 18.2 Å². The van der Waals surface area contributed by atoms with Gasteiger partial charge in [0, 0.05) is 0 Å². The van der Waals surface area contributed by atoms with Gasteiger partial charge in [-0.2, -0.15) is 0 Å². The summed E-state index contributed by atoms with van der Waals surface area (Å²) in [6, 6.07) is 6.73. The summed E-state index contributed by atoms with van der Waals surface area (Å²) >= 11 is 0. The zero-order valence-corrected chi connectivity index (χ0v) is 18.2. The average molecular weight is 367 g/mol. The molecule has 0 aliphatic heterocycles. The number of phenolic OH excluding ortho intramolecular Hbond substituents is 1. The molecule has 6 atom stereocenters. The van der Waals surface area contributed by atoms with Gasteiger partial charge in [-0.15, -0.1) is 0 Å².